The molecule has 0 fully saturated rings. The van der Waals surface area contributed by atoms with Gasteiger partial charge in [0.15, 0.2) is 11.5 Å². The lowest BCUT2D eigenvalue weighted by Crippen LogP contribution is -2.03. The summed E-state index contributed by atoms with van der Waals surface area (Å²) in [7, 11) is 0. The Bertz CT molecular complexity index is 667. The number of hydrogen-bond donors (Lipinski definition) is 1. The minimum atomic E-state index is -1.06. The molecular weight excluding hydrogens is 348 g/mol. The zero-order valence-corrected chi connectivity index (χ0v) is 12.5. The maximum atomic E-state index is 11.3. The molecule has 0 atom stereocenters. The minimum Gasteiger partial charge on any atom is -0.487 e. The fourth-order valence-electron chi connectivity index (χ4n) is 1.79. The summed E-state index contributed by atoms with van der Waals surface area (Å²) < 4.78 is 17.0. The Labute approximate surface area is 126 Å². The first-order valence-corrected chi connectivity index (χ1v) is 7.28. The number of benzene rings is 1. The molecule has 0 spiro atoms. The molecule has 104 valence electrons. The second-order valence-electron chi connectivity index (χ2n) is 4.00. The van der Waals surface area contributed by atoms with Crippen molar-refractivity contribution in [1.82, 2.24) is 0 Å². The number of carboxylic acid groups (broad SMARTS) is 1. The highest BCUT2D eigenvalue weighted by atomic mass is 79.9. The van der Waals surface area contributed by atoms with E-state index < -0.39 is 5.97 Å². The zero-order valence-electron chi connectivity index (χ0n) is 10.1. The van der Waals surface area contributed by atoms with Crippen LogP contribution in [0.3, 0.4) is 0 Å². The third-order valence-electron chi connectivity index (χ3n) is 2.70. The molecule has 0 aliphatic carbocycles. The van der Waals surface area contributed by atoms with E-state index in [4.69, 9.17) is 14.2 Å². The summed E-state index contributed by atoms with van der Waals surface area (Å²) in [6, 6.07) is 6.81. The van der Waals surface area contributed by atoms with E-state index in [0.717, 1.165) is 8.66 Å². The Kier molecular flexibility index (Phi) is 3.54. The van der Waals surface area contributed by atoms with E-state index in [1.54, 1.807) is 6.07 Å². The van der Waals surface area contributed by atoms with Gasteiger partial charge in [0, 0.05) is 17.0 Å². The number of carboxylic acids is 1. The number of halogens is 1. The highest BCUT2D eigenvalue weighted by Gasteiger charge is 2.21. The minimum absolute atomic E-state index is 0.0601. The van der Waals surface area contributed by atoms with Crippen molar-refractivity contribution in [2.75, 3.05) is 6.79 Å². The molecule has 0 amide bonds. The third-order valence-corrected chi connectivity index (χ3v) is 4.30. The van der Waals surface area contributed by atoms with E-state index >= 15 is 0 Å². The van der Waals surface area contributed by atoms with Crippen molar-refractivity contribution < 1.29 is 24.1 Å². The molecule has 0 saturated heterocycles. The highest BCUT2D eigenvalue weighted by molar-refractivity contribution is 9.11. The van der Waals surface area contributed by atoms with Crippen LogP contribution >= 0.6 is 27.3 Å². The van der Waals surface area contributed by atoms with Crippen LogP contribution < -0.4 is 14.2 Å². The van der Waals surface area contributed by atoms with Gasteiger partial charge in [0.05, 0.1) is 3.79 Å². The molecule has 2 aromatic rings. The lowest BCUT2D eigenvalue weighted by atomic mass is 10.2. The zero-order chi connectivity index (χ0) is 14.1. The first-order valence-electron chi connectivity index (χ1n) is 5.67. The molecule has 7 heteroatoms. The van der Waals surface area contributed by atoms with Crippen molar-refractivity contribution in [3.8, 4) is 17.2 Å². The van der Waals surface area contributed by atoms with Crippen molar-refractivity contribution in [1.29, 1.82) is 0 Å². The van der Waals surface area contributed by atoms with E-state index in [-0.39, 0.29) is 18.1 Å². The maximum absolute atomic E-state index is 11.3. The van der Waals surface area contributed by atoms with Crippen LogP contribution in [0.25, 0.3) is 0 Å². The van der Waals surface area contributed by atoms with Gasteiger partial charge in [-0.2, -0.15) is 0 Å². The van der Waals surface area contributed by atoms with Crippen molar-refractivity contribution in [2.45, 2.75) is 6.61 Å². The van der Waals surface area contributed by atoms with Gasteiger partial charge in [0.1, 0.15) is 17.9 Å². The smallest absolute Gasteiger partial charge is 0.339 e. The molecular formula is C13H9BrO5S. The molecule has 0 bridgehead atoms. The molecule has 0 saturated carbocycles. The second-order valence-corrected chi connectivity index (χ2v) is 6.55. The van der Waals surface area contributed by atoms with Crippen LogP contribution in [0.5, 0.6) is 17.2 Å². The van der Waals surface area contributed by atoms with Crippen molar-refractivity contribution in [3.63, 3.8) is 0 Å². The van der Waals surface area contributed by atoms with E-state index in [0.29, 0.717) is 18.1 Å². The molecule has 20 heavy (non-hydrogen) atoms. The monoisotopic (exact) mass is 356 g/mol. The number of ether oxygens (including phenoxy) is 3. The van der Waals surface area contributed by atoms with Gasteiger partial charge in [-0.05, 0) is 28.1 Å². The molecule has 1 aliphatic heterocycles. The third kappa shape index (κ3) is 2.59. The van der Waals surface area contributed by atoms with Gasteiger partial charge in [-0.1, -0.05) is 0 Å². The van der Waals surface area contributed by atoms with Crippen LogP contribution in [0.1, 0.15) is 15.2 Å². The highest BCUT2D eigenvalue weighted by Crippen LogP contribution is 2.38. The topological polar surface area (TPSA) is 65.0 Å². The predicted molar refractivity (Wildman–Crippen MR) is 75.9 cm³/mol. The van der Waals surface area contributed by atoms with Crippen LogP contribution in [0.4, 0.5) is 0 Å². The number of carbonyl (C=O) groups is 1. The molecule has 1 N–H and O–H groups in total. The quantitative estimate of drug-likeness (QED) is 0.907. The molecule has 1 aliphatic rings. The maximum Gasteiger partial charge on any atom is 0.339 e. The Hall–Kier alpha value is -1.73. The second kappa shape index (κ2) is 5.34. The largest absolute Gasteiger partial charge is 0.487 e. The van der Waals surface area contributed by atoms with Gasteiger partial charge < -0.3 is 19.3 Å². The van der Waals surface area contributed by atoms with Crippen LogP contribution in [-0.4, -0.2) is 17.9 Å². The van der Waals surface area contributed by atoms with E-state index in [2.05, 4.69) is 15.9 Å². The average Bonchev–Trinajstić information content (AvgIpc) is 3.03. The van der Waals surface area contributed by atoms with Gasteiger partial charge in [-0.25, -0.2) is 4.79 Å². The fourth-order valence-corrected chi connectivity index (χ4v) is 3.18. The lowest BCUT2D eigenvalue weighted by molar-refractivity contribution is 0.0691. The molecule has 0 radical (unpaired) electrons. The van der Waals surface area contributed by atoms with E-state index in [1.165, 1.54) is 17.4 Å². The Morgan fingerprint density at radius 1 is 1.35 bits per heavy atom. The van der Waals surface area contributed by atoms with Gasteiger partial charge in [0.25, 0.3) is 0 Å². The van der Waals surface area contributed by atoms with Crippen LogP contribution in [0.15, 0.2) is 28.1 Å². The van der Waals surface area contributed by atoms with Crippen LogP contribution in [0, 0.1) is 0 Å². The molecule has 3 rings (SSSR count). The number of hydrogen-bond acceptors (Lipinski definition) is 5. The van der Waals surface area contributed by atoms with Crippen molar-refractivity contribution in [3.05, 3.63) is 38.5 Å². The first-order chi connectivity index (χ1) is 9.63. The summed E-state index contributed by atoms with van der Waals surface area (Å²) in [6.45, 7) is 0.395. The summed E-state index contributed by atoms with van der Waals surface area (Å²) in [5.41, 5.74) is 0.0601. The standard InChI is InChI=1S/C13H9BrO5S/c14-12-2-1-7(20-12)5-17-9-4-11-10(18-6-19-11)3-8(9)13(15)16/h1-4H,5-6H2,(H,15,16). The van der Waals surface area contributed by atoms with Crippen molar-refractivity contribution >= 4 is 33.2 Å². The van der Waals surface area contributed by atoms with E-state index in [1.807, 2.05) is 12.1 Å². The number of fused-ring (bicyclic) bond motifs is 1. The lowest BCUT2D eigenvalue weighted by Gasteiger charge is -2.09. The molecule has 1 aromatic heterocycles. The van der Waals surface area contributed by atoms with Gasteiger partial charge in [0.2, 0.25) is 6.79 Å². The van der Waals surface area contributed by atoms with Gasteiger partial charge >= 0.3 is 5.97 Å². The molecule has 0 unspecified atom stereocenters. The average molecular weight is 357 g/mol. The summed E-state index contributed by atoms with van der Waals surface area (Å²) in [5, 5.41) is 9.22. The van der Waals surface area contributed by atoms with Crippen LogP contribution in [-0.2, 0) is 6.61 Å². The molecule has 2 heterocycles. The van der Waals surface area contributed by atoms with Crippen molar-refractivity contribution in [2.24, 2.45) is 0 Å². The van der Waals surface area contributed by atoms with Crippen LogP contribution in [0.2, 0.25) is 0 Å². The van der Waals surface area contributed by atoms with E-state index in [9.17, 15) is 9.90 Å². The molecule has 5 nitrogen and oxygen atoms in total. The Balaban J connectivity index is 1.86. The van der Waals surface area contributed by atoms with Gasteiger partial charge in [-0.15, -0.1) is 11.3 Å². The number of thiophene rings is 1. The fraction of sp³-hybridized carbons (Fsp3) is 0.154. The van der Waals surface area contributed by atoms with Gasteiger partial charge in [-0.3, -0.25) is 0 Å². The predicted octanol–water partition coefficient (Wildman–Crippen LogP) is 3.52. The summed E-state index contributed by atoms with van der Waals surface area (Å²) >= 11 is 4.90. The summed E-state index contributed by atoms with van der Waals surface area (Å²) in [4.78, 5) is 12.2. The molecule has 1 aromatic carbocycles. The summed E-state index contributed by atoms with van der Waals surface area (Å²) in [6.07, 6.45) is 0. The normalized spacial score (nSPS) is 12.4. The first kappa shape index (κ1) is 13.3. The number of rotatable bonds is 4. The Morgan fingerprint density at radius 2 is 2.10 bits per heavy atom. The summed E-state index contributed by atoms with van der Waals surface area (Å²) in [5.74, 6) is 0.128. The number of aromatic carboxylic acids is 1. The Morgan fingerprint density at radius 3 is 2.75 bits per heavy atom. The SMILES string of the molecule is O=C(O)c1cc2c(cc1OCc1ccc(Br)s1)OCO2.